The molecule has 0 unspecified atom stereocenters. The second-order valence-corrected chi connectivity index (χ2v) is 13.9. The summed E-state index contributed by atoms with van der Waals surface area (Å²) in [6.07, 6.45) is 3.63. The Morgan fingerprint density at radius 2 is 0.818 bits per heavy atom. The van der Waals surface area contributed by atoms with Crippen LogP contribution in [0.25, 0.3) is 105 Å². The van der Waals surface area contributed by atoms with Gasteiger partial charge in [-0.25, -0.2) is 15.0 Å². The SMILES string of the molecule is c1ccc(-c2nc(-c3ccc(-c4ccncc4)cc3)nc(-c3ccc4c(c3)c3ccccc3c3ccc5c6ccccc6n(-c6ccccc6)c5c34)n2)cc1. The summed E-state index contributed by atoms with van der Waals surface area (Å²) in [5.74, 6) is 1.89. The average molecular weight is 702 g/mol. The highest BCUT2D eigenvalue weighted by molar-refractivity contribution is 6.33. The van der Waals surface area contributed by atoms with Crippen molar-refractivity contribution in [3.8, 4) is 51.0 Å². The Morgan fingerprint density at radius 3 is 1.55 bits per heavy atom. The van der Waals surface area contributed by atoms with Gasteiger partial charge in [0.2, 0.25) is 0 Å². The molecule has 0 aliphatic rings. The Kier molecular flexibility index (Phi) is 7.10. The lowest BCUT2D eigenvalue weighted by atomic mass is 9.91. The van der Waals surface area contributed by atoms with Gasteiger partial charge in [-0.05, 0) is 74.5 Å². The van der Waals surface area contributed by atoms with Crippen molar-refractivity contribution in [1.82, 2.24) is 24.5 Å². The Labute approximate surface area is 316 Å². The van der Waals surface area contributed by atoms with E-state index in [0.29, 0.717) is 17.5 Å². The molecule has 0 fully saturated rings. The van der Waals surface area contributed by atoms with Gasteiger partial charge in [-0.1, -0.05) is 140 Å². The summed E-state index contributed by atoms with van der Waals surface area (Å²) >= 11 is 0. The first-order chi connectivity index (χ1) is 27.3. The second kappa shape index (κ2) is 12.6. The smallest absolute Gasteiger partial charge is 0.164 e. The Balaban J connectivity index is 1.17. The predicted octanol–water partition coefficient (Wildman–Crippen LogP) is 12.5. The topological polar surface area (TPSA) is 56.5 Å². The molecule has 0 radical (unpaired) electrons. The van der Waals surface area contributed by atoms with Crippen molar-refractivity contribution in [2.75, 3.05) is 0 Å². The van der Waals surface area contributed by atoms with E-state index in [0.717, 1.165) is 38.9 Å². The molecule has 5 heteroatoms. The fourth-order valence-electron chi connectivity index (χ4n) is 8.18. The van der Waals surface area contributed by atoms with Gasteiger partial charge in [0.1, 0.15) is 0 Å². The van der Waals surface area contributed by atoms with Crippen LogP contribution in [0.4, 0.5) is 0 Å². The van der Waals surface area contributed by atoms with Crippen molar-refractivity contribution in [3.05, 3.63) is 188 Å². The summed E-state index contributed by atoms with van der Waals surface area (Å²) in [5.41, 5.74) is 8.55. The van der Waals surface area contributed by atoms with Crippen LogP contribution in [-0.2, 0) is 0 Å². The number of benzene rings is 8. The molecule has 3 heterocycles. The van der Waals surface area contributed by atoms with E-state index in [1.165, 1.54) is 48.7 Å². The Hall–Kier alpha value is -7.50. The molecule has 0 saturated carbocycles. The Morgan fingerprint density at radius 1 is 0.327 bits per heavy atom. The maximum atomic E-state index is 5.15. The number of hydrogen-bond acceptors (Lipinski definition) is 4. The van der Waals surface area contributed by atoms with E-state index in [4.69, 9.17) is 15.0 Å². The lowest BCUT2D eigenvalue weighted by molar-refractivity contribution is 1.07. The summed E-state index contributed by atoms with van der Waals surface area (Å²) in [4.78, 5) is 19.4. The number of rotatable bonds is 5. The van der Waals surface area contributed by atoms with Crippen LogP contribution in [0.5, 0.6) is 0 Å². The molecule has 0 aliphatic carbocycles. The second-order valence-electron chi connectivity index (χ2n) is 13.9. The maximum absolute atomic E-state index is 5.15. The zero-order valence-electron chi connectivity index (χ0n) is 29.6. The number of pyridine rings is 1. The summed E-state index contributed by atoms with van der Waals surface area (Å²) in [7, 11) is 0. The number of hydrogen-bond donors (Lipinski definition) is 0. The average Bonchev–Trinajstić information content (AvgIpc) is 3.61. The molecule has 0 aliphatic heterocycles. The first-order valence-electron chi connectivity index (χ1n) is 18.5. The molecular formula is C50H31N5. The van der Waals surface area contributed by atoms with E-state index in [1.54, 1.807) is 0 Å². The van der Waals surface area contributed by atoms with Crippen molar-refractivity contribution < 1.29 is 0 Å². The van der Waals surface area contributed by atoms with Crippen molar-refractivity contribution in [2.24, 2.45) is 0 Å². The molecule has 0 spiro atoms. The molecule has 0 N–H and O–H groups in total. The molecule has 0 atom stereocenters. The lowest BCUT2D eigenvalue weighted by Gasteiger charge is -2.15. The highest BCUT2D eigenvalue weighted by atomic mass is 15.0. The number of para-hydroxylation sites is 2. The molecule has 5 nitrogen and oxygen atoms in total. The van der Waals surface area contributed by atoms with Crippen LogP contribution in [-0.4, -0.2) is 24.5 Å². The zero-order chi connectivity index (χ0) is 36.3. The van der Waals surface area contributed by atoms with Crippen molar-refractivity contribution in [2.45, 2.75) is 0 Å². The van der Waals surface area contributed by atoms with Gasteiger partial charge in [0.05, 0.1) is 11.0 Å². The summed E-state index contributed by atoms with van der Waals surface area (Å²) in [6.45, 7) is 0. The van der Waals surface area contributed by atoms with Crippen molar-refractivity contribution >= 4 is 54.1 Å². The first kappa shape index (κ1) is 31.1. The van der Waals surface area contributed by atoms with Crippen LogP contribution in [0, 0.1) is 0 Å². The van der Waals surface area contributed by atoms with Gasteiger partial charge < -0.3 is 4.57 Å². The number of nitrogens with zero attached hydrogens (tertiary/aromatic N) is 5. The minimum Gasteiger partial charge on any atom is -0.309 e. The summed E-state index contributed by atoms with van der Waals surface area (Å²) in [5, 5.41) is 9.68. The van der Waals surface area contributed by atoms with E-state index >= 15 is 0 Å². The van der Waals surface area contributed by atoms with Crippen LogP contribution in [0.15, 0.2) is 188 Å². The van der Waals surface area contributed by atoms with Gasteiger partial charge in [0.15, 0.2) is 17.5 Å². The van der Waals surface area contributed by atoms with E-state index in [2.05, 4.69) is 143 Å². The highest BCUT2D eigenvalue weighted by Gasteiger charge is 2.20. The van der Waals surface area contributed by atoms with Crippen molar-refractivity contribution in [3.63, 3.8) is 0 Å². The van der Waals surface area contributed by atoms with Gasteiger partial charge >= 0.3 is 0 Å². The molecule has 0 amide bonds. The fourth-order valence-corrected chi connectivity index (χ4v) is 8.18. The van der Waals surface area contributed by atoms with E-state index in [-0.39, 0.29) is 0 Å². The van der Waals surface area contributed by atoms with Gasteiger partial charge in [-0.15, -0.1) is 0 Å². The third-order valence-electron chi connectivity index (χ3n) is 10.7. The molecular weight excluding hydrogens is 671 g/mol. The molecule has 0 saturated heterocycles. The summed E-state index contributed by atoms with van der Waals surface area (Å²) < 4.78 is 2.43. The van der Waals surface area contributed by atoms with Gasteiger partial charge in [-0.3, -0.25) is 4.98 Å². The number of fused-ring (bicyclic) bond motifs is 10. The van der Waals surface area contributed by atoms with Crippen LogP contribution in [0.2, 0.25) is 0 Å². The standard InChI is InChI=1S/C50H31N5/c1-3-11-34(12-4-1)48-52-49(35-21-19-32(20-22-35)33-27-29-51-30-28-33)54-50(53-48)36-23-24-42-44(31-36)39-16-8-7-15-38(39)41-25-26-43-40-17-9-10-18-45(40)55(47(43)46(41)42)37-13-5-2-6-14-37/h1-31H. The van der Waals surface area contributed by atoms with E-state index in [9.17, 15) is 0 Å². The van der Waals surface area contributed by atoms with Crippen LogP contribution in [0.3, 0.4) is 0 Å². The third kappa shape index (κ3) is 5.09. The molecule has 11 aromatic rings. The van der Waals surface area contributed by atoms with Gasteiger partial charge in [0.25, 0.3) is 0 Å². The molecule has 11 rings (SSSR count). The first-order valence-corrected chi connectivity index (χ1v) is 18.5. The van der Waals surface area contributed by atoms with Crippen LogP contribution >= 0.6 is 0 Å². The van der Waals surface area contributed by atoms with Crippen LogP contribution < -0.4 is 0 Å². The monoisotopic (exact) mass is 701 g/mol. The fraction of sp³-hybridized carbons (Fsp3) is 0. The molecule has 55 heavy (non-hydrogen) atoms. The van der Waals surface area contributed by atoms with Gasteiger partial charge in [0, 0.05) is 50.9 Å². The summed E-state index contributed by atoms with van der Waals surface area (Å²) in [6, 6.07) is 62.0. The molecule has 0 bridgehead atoms. The van der Waals surface area contributed by atoms with E-state index in [1.807, 2.05) is 54.9 Å². The quantitative estimate of drug-likeness (QED) is 0.168. The van der Waals surface area contributed by atoms with Crippen LogP contribution in [0.1, 0.15) is 0 Å². The zero-order valence-corrected chi connectivity index (χ0v) is 29.6. The van der Waals surface area contributed by atoms with Crippen molar-refractivity contribution in [1.29, 1.82) is 0 Å². The largest absolute Gasteiger partial charge is 0.309 e. The number of aromatic nitrogens is 5. The normalized spacial score (nSPS) is 11.6. The van der Waals surface area contributed by atoms with Gasteiger partial charge in [-0.2, -0.15) is 0 Å². The minimum atomic E-state index is 0.627. The molecule has 8 aromatic carbocycles. The molecule has 3 aromatic heterocycles. The predicted molar refractivity (Wildman–Crippen MR) is 226 cm³/mol. The lowest BCUT2D eigenvalue weighted by Crippen LogP contribution is -2.00. The maximum Gasteiger partial charge on any atom is 0.164 e. The molecule has 256 valence electrons. The highest BCUT2D eigenvalue weighted by Crippen LogP contribution is 2.44. The van der Waals surface area contributed by atoms with E-state index < -0.39 is 0 Å². The minimum absolute atomic E-state index is 0.627. The Bertz CT molecular complexity index is 3230. The third-order valence-corrected chi connectivity index (χ3v) is 10.7.